The summed E-state index contributed by atoms with van der Waals surface area (Å²) in [5.41, 5.74) is 7.06. The average molecular weight is 267 g/mol. The Morgan fingerprint density at radius 2 is 2.10 bits per heavy atom. The van der Waals surface area contributed by atoms with Crippen molar-refractivity contribution in [2.45, 2.75) is 0 Å². The number of fused-ring (bicyclic) bond motifs is 1. The van der Waals surface area contributed by atoms with Crippen molar-refractivity contribution < 1.29 is 8.94 Å². The van der Waals surface area contributed by atoms with Gasteiger partial charge in [0.2, 0.25) is 5.82 Å². The molecule has 0 radical (unpaired) electrons. The fourth-order valence-corrected chi connectivity index (χ4v) is 1.99. The van der Waals surface area contributed by atoms with E-state index in [1.54, 1.807) is 0 Å². The Hall–Kier alpha value is -3.09. The molecule has 0 spiro atoms. The molecule has 0 saturated carbocycles. The van der Waals surface area contributed by atoms with Crippen molar-refractivity contribution >= 4 is 16.8 Å². The van der Waals surface area contributed by atoms with E-state index in [1.807, 2.05) is 30.3 Å². The molecule has 0 aliphatic rings. The van der Waals surface area contributed by atoms with Crippen LogP contribution in [0.5, 0.6) is 0 Å². The summed E-state index contributed by atoms with van der Waals surface area (Å²) in [5.74, 6) is 1.59. The monoisotopic (exact) mass is 267 g/mol. The number of nitrogens with zero attached hydrogens (tertiary/aromatic N) is 3. The Morgan fingerprint density at radius 1 is 1.20 bits per heavy atom. The van der Waals surface area contributed by atoms with Gasteiger partial charge >= 0.3 is 0 Å². The number of aromatic amines is 1. The highest BCUT2D eigenvalue weighted by Crippen LogP contribution is 2.28. The van der Waals surface area contributed by atoms with Gasteiger partial charge in [-0.3, -0.25) is 5.10 Å². The van der Waals surface area contributed by atoms with Crippen LogP contribution in [0.4, 0.5) is 5.82 Å². The summed E-state index contributed by atoms with van der Waals surface area (Å²) in [6.07, 6.45) is 1.53. The van der Waals surface area contributed by atoms with E-state index in [1.165, 1.54) is 6.20 Å². The second-order valence-electron chi connectivity index (χ2n) is 4.27. The molecule has 4 aromatic rings. The fourth-order valence-electron chi connectivity index (χ4n) is 1.99. The smallest absolute Gasteiger partial charge is 0.263 e. The fraction of sp³-hybridized carbons (Fsp3) is 0. The number of rotatable bonds is 2. The molecule has 0 unspecified atom stereocenters. The number of nitrogens with two attached hydrogens (primary N) is 1. The number of para-hydroxylation sites is 1. The minimum atomic E-state index is 0.298. The topological polar surface area (TPSA) is 107 Å². The molecule has 0 fully saturated rings. The van der Waals surface area contributed by atoms with Crippen LogP contribution in [0.2, 0.25) is 0 Å². The van der Waals surface area contributed by atoms with Crippen LogP contribution in [-0.2, 0) is 0 Å². The van der Waals surface area contributed by atoms with Crippen LogP contribution in [-0.4, -0.2) is 20.3 Å². The van der Waals surface area contributed by atoms with Gasteiger partial charge in [0, 0.05) is 5.39 Å². The molecule has 7 heteroatoms. The van der Waals surface area contributed by atoms with E-state index in [0.29, 0.717) is 28.9 Å². The molecule has 3 N–H and O–H groups in total. The van der Waals surface area contributed by atoms with Gasteiger partial charge in [0.05, 0.1) is 6.20 Å². The number of hydrogen-bond donors (Lipinski definition) is 2. The molecule has 0 amide bonds. The SMILES string of the molecule is Nc1[nH]ncc1-c1nc(-c2cc3ccccc3o2)no1. The lowest BCUT2D eigenvalue weighted by Gasteiger charge is -1.87. The van der Waals surface area contributed by atoms with Crippen LogP contribution in [0.1, 0.15) is 0 Å². The van der Waals surface area contributed by atoms with Crippen LogP contribution in [0.15, 0.2) is 45.5 Å². The Kier molecular flexibility index (Phi) is 2.13. The molecule has 0 bridgehead atoms. The number of anilines is 1. The average Bonchev–Trinajstić information content (AvgIpc) is 3.15. The maximum Gasteiger partial charge on any atom is 0.263 e. The number of nitrogens with one attached hydrogen (secondary N) is 1. The van der Waals surface area contributed by atoms with E-state index in [4.69, 9.17) is 14.7 Å². The molecule has 0 aliphatic heterocycles. The van der Waals surface area contributed by atoms with Gasteiger partial charge in [-0.1, -0.05) is 23.4 Å². The van der Waals surface area contributed by atoms with Gasteiger partial charge < -0.3 is 14.7 Å². The zero-order valence-electron chi connectivity index (χ0n) is 10.2. The summed E-state index contributed by atoms with van der Waals surface area (Å²) in [6, 6.07) is 9.55. The minimum Gasteiger partial charge on any atom is -0.453 e. The predicted molar refractivity (Wildman–Crippen MR) is 71.5 cm³/mol. The first-order valence-electron chi connectivity index (χ1n) is 5.93. The van der Waals surface area contributed by atoms with Crippen molar-refractivity contribution in [2.75, 3.05) is 5.73 Å². The van der Waals surface area contributed by atoms with Crippen LogP contribution in [0, 0.1) is 0 Å². The van der Waals surface area contributed by atoms with E-state index >= 15 is 0 Å². The minimum absolute atomic E-state index is 0.298. The van der Waals surface area contributed by atoms with Gasteiger partial charge in [0.1, 0.15) is 17.0 Å². The van der Waals surface area contributed by atoms with Crippen LogP contribution in [0.3, 0.4) is 0 Å². The second-order valence-corrected chi connectivity index (χ2v) is 4.27. The summed E-state index contributed by atoms with van der Waals surface area (Å²) in [7, 11) is 0. The molecular weight excluding hydrogens is 258 g/mol. The van der Waals surface area contributed by atoms with E-state index in [9.17, 15) is 0 Å². The lowest BCUT2D eigenvalue weighted by Crippen LogP contribution is -1.87. The number of furan rings is 1. The summed E-state index contributed by atoms with van der Waals surface area (Å²) >= 11 is 0. The van der Waals surface area contributed by atoms with Crippen molar-refractivity contribution in [3.8, 4) is 23.0 Å². The molecule has 0 atom stereocenters. The number of hydrogen-bond acceptors (Lipinski definition) is 6. The van der Waals surface area contributed by atoms with Gasteiger partial charge in [0.25, 0.3) is 5.89 Å². The number of aromatic nitrogens is 4. The second kappa shape index (κ2) is 3.95. The van der Waals surface area contributed by atoms with Crippen molar-refractivity contribution in [2.24, 2.45) is 0 Å². The summed E-state index contributed by atoms with van der Waals surface area (Å²) in [4.78, 5) is 4.27. The Balaban J connectivity index is 1.80. The zero-order chi connectivity index (χ0) is 13.5. The van der Waals surface area contributed by atoms with Crippen molar-refractivity contribution in [1.29, 1.82) is 0 Å². The number of benzene rings is 1. The Morgan fingerprint density at radius 3 is 2.90 bits per heavy atom. The molecular formula is C13H9N5O2. The standard InChI is InChI=1S/C13H9N5O2/c14-11-8(6-15-17-11)13-16-12(18-20-13)10-5-7-3-1-2-4-9(7)19-10/h1-6H,(H3,14,15,17). The zero-order valence-corrected chi connectivity index (χ0v) is 10.2. The Bertz CT molecular complexity index is 856. The number of H-pyrrole nitrogens is 1. The van der Waals surface area contributed by atoms with Crippen LogP contribution >= 0.6 is 0 Å². The van der Waals surface area contributed by atoms with Crippen molar-refractivity contribution in [3.05, 3.63) is 36.5 Å². The highest BCUT2D eigenvalue weighted by molar-refractivity contribution is 5.81. The van der Waals surface area contributed by atoms with E-state index in [0.717, 1.165) is 11.0 Å². The largest absolute Gasteiger partial charge is 0.453 e. The highest BCUT2D eigenvalue weighted by atomic mass is 16.5. The molecule has 3 aromatic heterocycles. The third-order valence-electron chi connectivity index (χ3n) is 2.97. The van der Waals surface area contributed by atoms with E-state index < -0.39 is 0 Å². The first-order chi connectivity index (χ1) is 9.81. The first kappa shape index (κ1) is 10.8. The molecule has 1 aromatic carbocycles. The van der Waals surface area contributed by atoms with E-state index in [-0.39, 0.29) is 0 Å². The molecule has 98 valence electrons. The highest BCUT2D eigenvalue weighted by Gasteiger charge is 2.16. The van der Waals surface area contributed by atoms with Gasteiger partial charge in [-0.15, -0.1) is 0 Å². The molecule has 7 nitrogen and oxygen atoms in total. The summed E-state index contributed by atoms with van der Waals surface area (Å²) < 4.78 is 10.9. The van der Waals surface area contributed by atoms with Crippen LogP contribution in [0.25, 0.3) is 34.0 Å². The third-order valence-corrected chi connectivity index (χ3v) is 2.97. The summed E-state index contributed by atoms with van der Waals surface area (Å²) in [5, 5.41) is 11.3. The molecule has 3 heterocycles. The predicted octanol–water partition coefficient (Wildman–Crippen LogP) is 2.46. The van der Waals surface area contributed by atoms with Crippen LogP contribution < -0.4 is 5.73 Å². The van der Waals surface area contributed by atoms with Gasteiger partial charge in [0.15, 0.2) is 5.76 Å². The third kappa shape index (κ3) is 1.57. The number of nitrogen functional groups attached to an aromatic ring is 1. The molecule has 0 aliphatic carbocycles. The Labute approximate surface area is 112 Å². The molecule has 0 saturated heterocycles. The van der Waals surface area contributed by atoms with Crippen molar-refractivity contribution in [1.82, 2.24) is 20.3 Å². The molecule has 4 rings (SSSR count). The first-order valence-corrected chi connectivity index (χ1v) is 5.93. The van der Waals surface area contributed by atoms with Gasteiger partial charge in [-0.05, 0) is 12.1 Å². The van der Waals surface area contributed by atoms with Gasteiger partial charge in [-0.2, -0.15) is 10.1 Å². The lowest BCUT2D eigenvalue weighted by atomic mass is 10.2. The van der Waals surface area contributed by atoms with Crippen molar-refractivity contribution in [3.63, 3.8) is 0 Å². The maximum atomic E-state index is 5.71. The van der Waals surface area contributed by atoms with E-state index in [2.05, 4.69) is 20.3 Å². The lowest BCUT2D eigenvalue weighted by molar-refractivity contribution is 0.430. The molecule has 20 heavy (non-hydrogen) atoms. The normalized spacial score (nSPS) is 11.2. The van der Waals surface area contributed by atoms with Gasteiger partial charge in [-0.25, -0.2) is 0 Å². The quantitative estimate of drug-likeness (QED) is 0.577. The summed E-state index contributed by atoms with van der Waals surface area (Å²) in [6.45, 7) is 0. The maximum absolute atomic E-state index is 5.71.